The number of aliphatic hydroxyl groups excluding tert-OH is 1. The molecule has 2 saturated heterocycles. The van der Waals surface area contributed by atoms with Gasteiger partial charge in [0.05, 0.1) is 12.0 Å². The second-order valence-corrected chi connectivity index (χ2v) is 8.94. The summed E-state index contributed by atoms with van der Waals surface area (Å²) in [5.41, 5.74) is 5.79. The normalized spacial score (nSPS) is 24.1. The fourth-order valence-electron chi connectivity index (χ4n) is 4.50. The van der Waals surface area contributed by atoms with Crippen LogP contribution in [0.25, 0.3) is 0 Å². The van der Waals surface area contributed by atoms with Gasteiger partial charge in [0.1, 0.15) is 5.76 Å². The average Bonchev–Trinajstić information content (AvgIpc) is 3.18. The summed E-state index contributed by atoms with van der Waals surface area (Å²) in [4.78, 5) is 28.6. The Labute approximate surface area is 160 Å². The van der Waals surface area contributed by atoms with Crippen LogP contribution in [-0.4, -0.2) is 59.5 Å². The standard InChI is InChI=1S/C20H31N3O4/c1-19(2,3)16-14(11-15(27-16)17(21)25)12-22-8-6-20(13-22)5-4-7-23(9-10-24)18(20)26/h11,24H,4-10,12-13H2,1-3H3,(H2,21,25)/t20-/m0/s1. The molecular weight excluding hydrogens is 346 g/mol. The molecular formula is C20H31N3O4. The number of carbonyl (C=O) groups is 2. The van der Waals surface area contributed by atoms with Gasteiger partial charge in [0, 0.05) is 37.2 Å². The SMILES string of the molecule is CC(C)(C)c1oc(C(N)=O)cc1CN1CC[C@@]2(CCCN(CCO)C2=O)C1. The molecule has 2 fully saturated rings. The van der Waals surface area contributed by atoms with Gasteiger partial charge in [-0.3, -0.25) is 14.5 Å². The highest BCUT2D eigenvalue weighted by Gasteiger charge is 2.48. The van der Waals surface area contributed by atoms with Gasteiger partial charge in [0.15, 0.2) is 5.76 Å². The lowest BCUT2D eigenvalue weighted by molar-refractivity contribution is -0.146. The number of hydrogen-bond donors (Lipinski definition) is 2. The Morgan fingerprint density at radius 2 is 2.07 bits per heavy atom. The number of nitrogens with two attached hydrogens (primary N) is 1. The Hall–Kier alpha value is -1.86. The average molecular weight is 377 g/mol. The minimum absolute atomic E-state index is 0.00535. The highest BCUT2D eigenvalue weighted by atomic mass is 16.4. The van der Waals surface area contributed by atoms with Gasteiger partial charge in [-0.25, -0.2) is 0 Å². The number of hydrogen-bond acceptors (Lipinski definition) is 5. The van der Waals surface area contributed by atoms with Gasteiger partial charge in [-0.2, -0.15) is 0 Å². The zero-order chi connectivity index (χ0) is 19.8. The number of furan rings is 1. The van der Waals surface area contributed by atoms with Crippen molar-refractivity contribution < 1.29 is 19.1 Å². The first-order valence-electron chi connectivity index (χ1n) is 9.72. The summed E-state index contributed by atoms with van der Waals surface area (Å²) in [7, 11) is 0. The predicted molar refractivity (Wildman–Crippen MR) is 101 cm³/mol. The number of nitrogens with zero attached hydrogens (tertiary/aromatic N) is 2. The van der Waals surface area contributed by atoms with Crippen LogP contribution in [0.3, 0.4) is 0 Å². The maximum atomic E-state index is 13.0. The van der Waals surface area contributed by atoms with Crippen LogP contribution in [0.2, 0.25) is 0 Å². The molecule has 1 aromatic rings. The number of carbonyl (C=O) groups excluding carboxylic acids is 2. The molecule has 1 spiro atoms. The van der Waals surface area contributed by atoms with Crippen molar-refractivity contribution in [1.82, 2.24) is 9.80 Å². The van der Waals surface area contributed by atoms with Crippen molar-refractivity contribution in [2.24, 2.45) is 11.1 Å². The van der Waals surface area contributed by atoms with Crippen LogP contribution in [-0.2, 0) is 16.8 Å². The number of likely N-dealkylation sites (tertiary alicyclic amines) is 2. The van der Waals surface area contributed by atoms with Crippen LogP contribution in [0.15, 0.2) is 10.5 Å². The molecule has 2 amide bonds. The molecule has 0 unspecified atom stereocenters. The van der Waals surface area contributed by atoms with Crippen LogP contribution in [0.4, 0.5) is 0 Å². The summed E-state index contributed by atoms with van der Waals surface area (Å²) in [6.45, 7) is 9.46. The van der Waals surface area contributed by atoms with Gasteiger partial charge in [-0.1, -0.05) is 20.8 Å². The fourth-order valence-corrected chi connectivity index (χ4v) is 4.50. The van der Waals surface area contributed by atoms with Gasteiger partial charge in [-0.15, -0.1) is 0 Å². The minimum Gasteiger partial charge on any atom is -0.455 e. The number of piperidine rings is 1. The summed E-state index contributed by atoms with van der Waals surface area (Å²) in [5.74, 6) is 0.568. The van der Waals surface area contributed by atoms with Crippen molar-refractivity contribution in [3.63, 3.8) is 0 Å². The minimum atomic E-state index is -0.563. The van der Waals surface area contributed by atoms with E-state index in [-0.39, 0.29) is 29.1 Å². The van der Waals surface area contributed by atoms with E-state index >= 15 is 0 Å². The predicted octanol–water partition coefficient (Wildman–Crippen LogP) is 1.48. The Morgan fingerprint density at radius 3 is 2.70 bits per heavy atom. The van der Waals surface area contributed by atoms with Crippen LogP contribution in [0.5, 0.6) is 0 Å². The number of aliphatic hydroxyl groups is 1. The first-order valence-corrected chi connectivity index (χ1v) is 9.72. The third-order valence-electron chi connectivity index (χ3n) is 5.75. The largest absolute Gasteiger partial charge is 0.455 e. The maximum Gasteiger partial charge on any atom is 0.284 e. The molecule has 3 rings (SSSR count). The Bertz CT molecular complexity index is 719. The summed E-state index contributed by atoms with van der Waals surface area (Å²) in [6.07, 6.45) is 2.71. The molecule has 0 aromatic carbocycles. The van der Waals surface area contributed by atoms with E-state index in [1.807, 2.05) is 20.8 Å². The van der Waals surface area contributed by atoms with E-state index in [1.165, 1.54) is 0 Å². The van der Waals surface area contributed by atoms with Gasteiger partial charge < -0.3 is 20.2 Å². The first-order chi connectivity index (χ1) is 12.7. The van der Waals surface area contributed by atoms with Crippen molar-refractivity contribution >= 4 is 11.8 Å². The zero-order valence-corrected chi connectivity index (χ0v) is 16.6. The van der Waals surface area contributed by atoms with Gasteiger partial charge in [-0.05, 0) is 31.9 Å². The van der Waals surface area contributed by atoms with Gasteiger partial charge >= 0.3 is 0 Å². The molecule has 0 radical (unpaired) electrons. The van der Waals surface area contributed by atoms with E-state index in [1.54, 1.807) is 11.0 Å². The smallest absolute Gasteiger partial charge is 0.284 e. The van der Waals surface area contributed by atoms with Crippen LogP contribution in [0.1, 0.15) is 61.9 Å². The molecule has 27 heavy (non-hydrogen) atoms. The topological polar surface area (TPSA) is 100 Å². The summed E-state index contributed by atoms with van der Waals surface area (Å²) >= 11 is 0. The zero-order valence-electron chi connectivity index (χ0n) is 16.6. The van der Waals surface area contributed by atoms with Crippen molar-refractivity contribution in [3.8, 4) is 0 Å². The quantitative estimate of drug-likeness (QED) is 0.810. The highest BCUT2D eigenvalue weighted by Crippen LogP contribution is 2.41. The van der Waals surface area contributed by atoms with Crippen molar-refractivity contribution in [2.75, 3.05) is 32.8 Å². The number of rotatable bonds is 5. The number of primary amides is 1. The fraction of sp³-hybridized carbons (Fsp3) is 0.700. The van der Waals surface area contributed by atoms with Crippen LogP contribution in [0, 0.1) is 5.41 Å². The molecule has 2 aliphatic rings. The monoisotopic (exact) mass is 377 g/mol. The van der Waals surface area contributed by atoms with Crippen LogP contribution < -0.4 is 5.73 Å². The number of β-amino-alcohol motifs (C(OH)–C–C–N with tert-alkyl or cyclic N) is 1. The van der Waals surface area contributed by atoms with Crippen molar-refractivity contribution in [1.29, 1.82) is 0 Å². The van der Waals surface area contributed by atoms with Gasteiger partial charge in [0.25, 0.3) is 5.91 Å². The van der Waals surface area contributed by atoms with E-state index in [9.17, 15) is 14.7 Å². The third kappa shape index (κ3) is 3.89. The second kappa shape index (κ2) is 7.28. The lowest BCUT2D eigenvalue weighted by atomic mass is 9.78. The molecule has 0 bridgehead atoms. The molecule has 0 aliphatic carbocycles. The highest BCUT2D eigenvalue weighted by molar-refractivity contribution is 5.90. The molecule has 1 atom stereocenters. The molecule has 3 heterocycles. The lowest BCUT2D eigenvalue weighted by Gasteiger charge is -2.39. The Balaban J connectivity index is 1.77. The maximum absolute atomic E-state index is 13.0. The van der Waals surface area contributed by atoms with Crippen LogP contribution >= 0.6 is 0 Å². The van der Waals surface area contributed by atoms with Crippen molar-refractivity contribution in [2.45, 2.75) is 52.0 Å². The summed E-state index contributed by atoms with van der Waals surface area (Å²) in [6, 6.07) is 1.74. The summed E-state index contributed by atoms with van der Waals surface area (Å²) < 4.78 is 5.75. The van der Waals surface area contributed by atoms with E-state index < -0.39 is 5.91 Å². The van der Waals surface area contributed by atoms with E-state index in [2.05, 4.69) is 4.90 Å². The molecule has 7 nitrogen and oxygen atoms in total. The molecule has 2 aliphatic heterocycles. The van der Waals surface area contributed by atoms with Gasteiger partial charge in [0.2, 0.25) is 5.91 Å². The van der Waals surface area contributed by atoms with E-state index in [0.29, 0.717) is 19.6 Å². The Morgan fingerprint density at radius 1 is 1.33 bits per heavy atom. The van der Waals surface area contributed by atoms with E-state index in [0.717, 1.165) is 43.7 Å². The molecule has 3 N–H and O–H groups in total. The second-order valence-electron chi connectivity index (χ2n) is 8.94. The third-order valence-corrected chi connectivity index (χ3v) is 5.75. The van der Waals surface area contributed by atoms with E-state index in [4.69, 9.17) is 10.2 Å². The first kappa shape index (κ1) is 19.9. The summed E-state index contributed by atoms with van der Waals surface area (Å²) in [5, 5.41) is 9.22. The molecule has 0 saturated carbocycles. The molecule has 7 heteroatoms. The van der Waals surface area contributed by atoms with Crippen molar-refractivity contribution in [3.05, 3.63) is 23.2 Å². The number of amides is 2. The lowest BCUT2D eigenvalue weighted by Crippen LogP contribution is -2.50. The Kier molecular flexibility index (Phi) is 5.36. The molecule has 1 aromatic heterocycles. The molecule has 150 valence electrons.